The first-order chi connectivity index (χ1) is 7.17. The molecule has 0 saturated carbocycles. The van der Waals surface area contributed by atoms with Crippen LogP contribution in [-0.4, -0.2) is 10.8 Å². The summed E-state index contributed by atoms with van der Waals surface area (Å²) in [7, 11) is 0. The van der Waals surface area contributed by atoms with Gasteiger partial charge in [-0.25, -0.2) is 4.99 Å². The van der Waals surface area contributed by atoms with Crippen LogP contribution in [0, 0.1) is 6.92 Å². The molecule has 0 unspecified atom stereocenters. The smallest absolute Gasteiger partial charge is 0.0735 e. The summed E-state index contributed by atoms with van der Waals surface area (Å²) in [5, 5.41) is 1.17. The summed E-state index contributed by atoms with van der Waals surface area (Å²) < 4.78 is 0. The molecule has 0 radical (unpaired) electrons. The molecule has 0 bridgehead atoms. The summed E-state index contributed by atoms with van der Waals surface area (Å²) in [4.78, 5) is 4.63. The highest BCUT2D eigenvalue weighted by Gasteiger charge is 2.00. The SMILES string of the molecule is CCS/C(CC)=N/c1cc(N)ccc1C. The summed E-state index contributed by atoms with van der Waals surface area (Å²) in [5.74, 6) is 1.06. The molecule has 2 N–H and O–H groups in total. The third kappa shape index (κ3) is 3.59. The minimum atomic E-state index is 0.774. The fourth-order valence-corrected chi connectivity index (χ4v) is 1.96. The molecule has 0 amide bonds. The number of hydrogen-bond donors (Lipinski definition) is 1. The summed E-state index contributed by atoms with van der Waals surface area (Å²) in [5.41, 5.74) is 8.68. The number of hydrogen-bond acceptors (Lipinski definition) is 3. The predicted molar refractivity (Wildman–Crippen MR) is 71.1 cm³/mol. The van der Waals surface area contributed by atoms with Crippen molar-refractivity contribution in [3.63, 3.8) is 0 Å². The van der Waals surface area contributed by atoms with E-state index in [1.165, 1.54) is 10.6 Å². The zero-order valence-electron chi connectivity index (χ0n) is 9.58. The molecule has 0 aromatic heterocycles. The molecule has 15 heavy (non-hydrogen) atoms. The van der Waals surface area contributed by atoms with E-state index >= 15 is 0 Å². The van der Waals surface area contributed by atoms with E-state index in [0.717, 1.165) is 23.5 Å². The molecule has 82 valence electrons. The van der Waals surface area contributed by atoms with Gasteiger partial charge < -0.3 is 5.73 Å². The number of thioether (sulfide) groups is 1. The van der Waals surface area contributed by atoms with Crippen LogP contribution in [0.15, 0.2) is 23.2 Å². The molecule has 1 aromatic carbocycles. The van der Waals surface area contributed by atoms with Crippen LogP contribution in [-0.2, 0) is 0 Å². The van der Waals surface area contributed by atoms with Gasteiger partial charge in [0.1, 0.15) is 0 Å². The maximum Gasteiger partial charge on any atom is 0.0735 e. The molecular formula is C12H18N2S. The van der Waals surface area contributed by atoms with Crippen LogP contribution in [0.4, 0.5) is 11.4 Å². The Balaban J connectivity index is 2.99. The fraction of sp³-hybridized carbons (Fsp3) is 0.417. The Morgan fingerprint density at radius 2 is 2.13 bits per heavy atom. The second kappa shape index (κ2) is 5.81. The quantitative estimate of drug-likeness (QED) is 0.480. The van der Waals surface area contributed by atoms with Crippen molar-refractivity contribution < 1.29 is 0 Å². The number of aryl methyl sites for hydroxylation is 1. The molecule has 2 nitrogen and oxygen atoms in total. The van der Waals surface area contributed by atoms with Gasteiger partial charge in [0.15, 0.2) is 0 Å². The molecular weight excluding hydrogens is 204 g/mol. The first-order valence-corrected chi connectivity index (χ1v) is 6.22. The topological polar surface area (TPSA) is 38.4 Å². The van der Waals surface area contributed by atoms with Gasteiger partial charge in [-0.1, -0.05) is 19.9 Å². The summed E-state index contributed by atoms with van der Waals surface area (Å²) in [6.45, 7) is 6.33. The minimum Gasteiger partial charge on any atom is -0.399 e. The van der Waals surface area contributed by atoms with Crippen molar-refractivity contribution in [1.29, 1.82) is 0 Å². The zero-order chi connectivity index (χ0) is 11.3. The first-order valence-electron chi connectivity index (χ1n) is 5.23. The van der Waals surface area contributed by atoms with Crippen LogP contribution in [0.3, 0.4) is 0 Å². The maximum atomic E-state index is 5.74. The van der Waals surface area contributed by atoms with Crippen molar-refractivity contribution in [2.75, 3.05) is 11.5 Å². The van der Waals surface area contributed by atoms with Gasteiger partial charge in [-0.05, 0) is 36.8 Å². The number of rotatable bonds is 3. The fourth-order valence-electron chi connectivity index (χ4n) is 1.26. The zero-order valence-corrected chi connectivity index (χ0v) is 10.4. The number of benzene rings is 1. The van der Waals surface area contributed by atoms with Crippen molar-refractivity contribution in [2.45, 2.75) is 27.2 Å². The second-order valence-electron chi connectivity index (χ2n) is 3.34. The first kappa shape index (κ1) is 12.1. The van der Waals surface area contributed by atoms with E-state index in [1.54, 1.807) is 11.8 Å². The van der Waals surface area contributed by atoms with E-state index in [4.69, 9.17) is 5.73 Å². The molecule has 1 rings (SSSR count). The molecule has 0 aliphatic rings. The standard InChI is InChI=1S/C12H18N2S/c1-4-12(15-5-2)14-11-8-10(13)7-6-9(11)3/h6-8H,4-5,13H2,1-3H3/b14-12+. The Morgan fingerprint density at radius 1 is 1.40 bits per heavy atom. The Labute approximate surface area is 96.0 Å². The van der Waals surface area contributed by atoms with E-state index in [0.29, 0.717) is 0 Å². The Bertz CT molecular complexity index is 359. The lowest BCUT2D eigenvalue weighted by Gasteiger charge is -2.05. The monoisotopic (exact) mass is 222 g/mol. The Kier molecular flexibility index (Phi) is 4.69. The highest BCUT2D eigenvalue weighted by atomic mass is 32.2. The predicted octanol–water partition coefficient (Wildman–Crippen LogP) is 3.77. The average Bonchev–Trinajstić information content (AvgIpc) is 2.22. The normalized spacial score (nSPS) is 11.8. The molecule has 0 saturated heterocycles. The van der Waals surface area contributed by atoms with E-state index < -0.39 is 0 Å². The van der Waals surface area contributed by atoms with Crippen LogP contribution in [0.5, 0.6) is 0 Å². The highest BCUT2D eigenvalue weighted by molar-refractivity contribution is 8.13. The summed E-state index contributed by atoms with van der Waals surface area (Å²) >= 11 is 1.79. The van der Waals surface area contributed by atoms with E-state index in [2.05, 4.69) is 25.8 Å². The Hall–Kier alpha value is -0.960. The van der Waals surface area contributed by atoms with Crippen molar-refractivity contribution >= 4 is 28.2 Å². The van der Waals surface area contributed by atoms with Crippen LogP contribution in [0.1, 0.15) is 25.8 Å². The van der Waals surface area contributed by atoms with Gasteiger partial charge in [-0.2, -0.15) is 0 Å². The van der Waals surface area contributed by atoms with Gasteiger partial charge in [-0.15, -0.1) is 11.8 Å². The molecule has 1 aromatic rings. The molecule has 0 aliphatic heterocycles. The third-order valence-electron chi connectivity index (χ3n) is 2.09. The van der Waals surface area contributed by atoms with Gasteiger partial charge in [-0.3, -0.25) is 0 Å². The molecule has 0 spiro atoms. The minimum absolute atomic E-state index is 0.774. The van der Waals surface area contributed by atoms with Crippen LogP contribution < -0.4 is 5.73 Å². The number of nitrogen functional groups attached to an aromatic ring is 1. The number of aliphatic imine (C=N–C) groups is 1. The van der Waals surface area contributed by atoms with Gasteiger partial charge >= 0.3 is 0 Å². The summed E-state index contributed by atoms with van der Waals surface area (Å²) in [6, 6.07) is 5.85. The molecule has 0 atom stereocenters. The number of nitrogens with zero attached hydrogens (tertiary/aromatic N) is 1. The van der Waals surface area contributed by atoms with Crippen LogP contribution in [0.25, 0.3) is 0 Å². The van der Waals surface area contributed by atoms with Crippen LogP contribution >= 0.6 is 11.8 Å². The lowest BCUT2D eigenvalue weighted by Crippen LogP contribution is -1.91. The lowest BCUT2D eigenvalue weighted by atomic mass is 10.2. The van der Waals surface area contributed by atoms with Gasteiger partial charge in [0, 0.05) is 5.69 Å². The Morgan fingerprint density at radius 3 is 2.73 bits per heavy atom. The van der Waals surface area contributed by atoms with E-state index in [-0.39, 0.29) is 0 Å². The van der Waals surface area contributed by atoms with Gasteiger partial charge in [0.25, 0.3) is 0 Å². The molecule has 0 heterocycles. The van der Waals surface area contributed by atoms with Crippen LogP contribution in [0.2, 0.25) is 0 Å². The second-order valence-corrected chi connectivity index (χ2v) is 4.68. The van der Waals surface area contributed by atoms with Crippen molar-refractivity contribution in [1.82, 2.24) is 0 Å². The molecule has 0 aliphatic carbocycles. The maximum absolute atomic E-state index is 5.74. The van der Waals surface area contributed by atoms with E-state index in [1.807, 2.05) is 18.2 Å². The van der Waals surface area contributed by atoms with Gasteiger partial charge in [0.05, 0.1) is 10.7 Å². The number of anilines is 1. The summed E-state index contributed by atoms with van der Waals surface area (Å²) in [6.07, 6.45) is 0.979. The largest absolute Gasteiger partial charge is 0.399 e. The number of nitrogens with two attached hydrogens (primary N) is 1. The van der Waals surface area contributed by atoms with E-state index in [9.17, 15) is 0 Å². The van der Waals surface area contributed by atoms with Crippen molar-refractivity contribution in [2.24, 2.45) is 4.99 Å². The van der Waals surface area contributed by atoms with Crippen molar-refractivity contribution in [3.05, 3.63) is 23.8 Å². The lowest BCUT2D eigenvalue weighted by molar-refractivity contribution is 1.29. The molecule has 3 heteroatoms. The highest BCUT2D eigenvalue weighted by Crippen LogP contribution is 2.23. The van der Waals surface area contributed by atoms with Gasteiger partial charge in [0.2, 0.25) is 0 Å². The third-order valence-corrected chi connectivity index (χ3v) is 3.09. The van der Waals surface area contributed by atoms with Crippen molar-refractivity contribution in [3.8, 4) is 0 Å². The average molecular weight is 222 g/mol. The molecule has 0 fully saturated rings.